The summed E-state index contributed by atoms with van der Waals surface area (Å²) >= 11 is 1.61. The largest absolute Gasteiger partial charge is 0.494 e. The summed E-state index contributed by atoms with van der Waals surface area (Å²) < 4.78 is 11.4. The number of amides is 1. The van der Waals surface area contributed by atoms with Crippen LogP contribution in [0.1, 0.15) is 71.9 Å². The number of carbonyl (C=O) groups excluding carboxylic acids is 1. The van der Waals surface area contributed by atoms with E-state index < -0.39 is 5.60 Å². The van der Waals surface area contributed by atoms with Crippen molar-refractivity contribution in [2.24, 2.45) is 0 Å². The molecule has 0 unspecified atom stereocenters. The average Bonchev–Trinajstić information content (AvgIpc) is 3.25. The third-order valence-electron chi connectivity index (χ3n) is 5.83. The number of piperazine rings is 1. The number of aromatic nitrogens is 1. The first-order chi connectivity index (χ1) is 16.8. The topological polar surface area (TPSA) is 66.9 Å². The fourth-order valence-corrected chi connectivity index (χ4v) is 4.63. The van der Waals surface area contributed by atoms with Gasteiger partial charge in [-0.05, 0) is 51.5 Å². The van der Waals surface area contributed by atoms with E-state index in [2.05, 4.69) is 22.5 Å². The molecule has 8 heteroatoms. The number of anilines is 2. The Hall–Kier alpha value is -2.32. The number of hydrogen-bond acceptors (Lipinski definition) is 7. The second-order valence-corrected chi connectivity index (χ2v) is 11.0. The first-order valence-electron chi connectivity index (χ1n) is 13.0. The molecule has 1 fully saturated rings. The Bertz CT molecular complexity index is 887. The van der Waals surface area contributed by atoms with E-state index in [0.717, 1.165) is 54.9 Å². The Labute approximate surface area is 214 Å². The molecule has 1 aliphatic heterocycles. The number of hydrogen-bond donors (Lipinski definition) is 1. The summed E-state index contributed by atoms with van der Waals surface area (Å²) in [6.07, 6.45) is 7.39. The molecule has 0 spiro atoms. The molecule has 1 amide bonds. The number of thiazole rings is 1. The van der Waals surface area contributed by atoms with E-state index in [0.29, 0.717) is 13.1 Å². The summed E-state index contributed by atoms with van der Waals surface area (Å²) in [5, 5.41) is 6.37. The number of nitrogens with one attached hydrogen (secondary N) is 1. The molecule has 7 nitrogen and oxygen atoms in total. The quantitative estimate of drug-likeness (QED) is 0.327. The van der Waals surface area contributed by atoms with Gasteiger partial charge in [0.25, 0.3) is 0 Å². The minimum absolute atomic E-state index is 0.226. The molecule has 194 valence electrons. The van der Waals surface area contributed by atoms with Crippen LogP contribution in [-0.2, 0) is 11.3 Å². The standard InChI is InChI=1S/C27H42N4O3S/c1-5-6-7-8-9-10-19-33-24-13-11-22(12-14-24)28-25-29-23(21-35-25)20-30-15-17-31(18-16-30)26(32)34-27(2,3)4/h11-14,21H,5-10,15-20H2,1-4H3,(H,28,29). The van der Waals surface area contributed by atoms with Crippen LogP contribution in [0.3, 0.4) is 0 Å². The van der Waals surface area contributed by atoms with Crippen molar-refractivity contribution in [2.75, 3.05) is 38.1 Å². The maximum absolute atomic E-state index is 12.2. The first-order valence-corrected chi connectivity index (χ1v) is 13.8. The van der Waals surface area contributed by atoms with E-state index in [1.165, 1.54) is 32.1 Å². The van der Waals surface area contributed by atoms with Crippen molar-refractivity contribution < 1.29 is 14.3 Å². The molecular formula is C27H42N4O3S. The molecule has 2 aromatic rings. The van der Waals surface area contributed by atoms with Gasteiger partial charge in [0.2, 0.25) is 0 Å². The van der Waals surface area contributed by atoms with Gasteiger partial charge in [-0.3, -0.25) is 4.90 Å². The fourth-order valence-electron chi connectivity index (χ4n) is 3.91. The van der Waals surface area contributed by atoms with Crippen molar-refractivity contribution in [3.8, 4) is 5.75 Å². The van der Waals surface area contributed by atoms with Gasteiger partial charge in [-0.15, -0.1) is 11.3 Å². The van der Waals surface area contributed by atoms with E-state index >= 15 is 0 Å². The third kappa shape index (κ3) is 10.1. The van der Waals surface area contributed by atoms with Crippen molar-refractivity contribution in [3.63, 3.8) is 0 Å². The number of carbonyl (C=O) groups is 1. The second kappa shape index (κ2) is 13.7. The molecule has 3 rings (SSSR count). The number of ether oxygens (including phenoxy) is 2. The molecule has 1 aliphatic rings. The summed E-state index contributed by atoms with van der Waals surface area (Å²) in [7, 11) is 0. The Balaban J connectivity index is 1.36. The molecule has 1 N–H and O–H groups in total. The van der Waals surface area contributed by atoms with Gasteiger partial charge >= 0.3 is 6.09 Å². The Kier molecular flexibility index (Phi) is 10.7. The summed E-state index contributed by atoms with van der Waals surface area (Å²) in [6.45, 7) is 12.5. The highest BCUT2D eigenvalue weighted by atomic mass is 32.1. The molecule has 0 atom stereocenters. The summed E-state index contributed by atoms with van der Waals surface area (Å²) in [4.78, 5) is 21.1. The van der Waals surface area contributed by atoms with Crippen LogP contribution in [-0.4, -0.2) is 59.3 Å². The van der Waals surface area contributed by atoms with Crippen molar-refractivity contribution in [1.82, 2.24) is 14.8 Å². The van der Waals surface area contributed by atoms with Gasteiger partial charge in [0.05, 0.1) is 12.3 Å². The minimum atomic E-state index is -0.459. The van der Waals surface area contributed by atoms with Crippen LogP contribution in [0.15, 0.2) is 29.6 Å². The molecule has 0 saturated carbocycles. The second-order valence-electron chi connectivity index (χ2n) is 10.2. The van der Waals surface area contributed by atoms with Crippen molar-refractivity contribution in [2.45, 2.75) is 78.4 Å². The van der Waals surface area contributed by atoms with Gasteiger partial charge in [-0.1, -0.05) is 39.0 Å². The zero-order valence-corrected chi connectivity index (χ0v) is 22.7. The Morgan fingerprint density at radius 2 is 1.71 bits per heavy atom. The molecule has 0 aliphatic carbocycles. The summed E-state index contributed by atoms with van der Waals surface area (Å²) in [5.41, 5.74) is 1.59. The van der Waals surface area contributed by atoms with Gasteiger partial charge in [0.15, 0.2) is 5.13 Å². The normalized spacial score (nSPS) is 14.7. The van der Waals surface area contributed by atoms with Crippen LogP contribution >= 0.6 is 11.3 Å². The highest BCUT2D eigenvalue weighted by molar-refractivity contribution is 7.13. The van der Waals surface area contributed by atoms with Gasteiger partial charge in [0, 0.05) is 43.8 Å². The van der Waals surface area contributed by atoms with E-state index in [4.69, 9.17) is 14.5 Å². The fraction of sp³-hybridized carbons (Fsp3) is 0.630. The number of nitrogens with zero attached hydrogens (tertiary/aromatic N) is 3. The van der Waals surface area contributed by atoms with Crippen molar-refractivity contribution >= 4 is 28.2 Å². The lowest BCUT2D eigenvalue weighted by atomic mass is 10.1. The van der Waals surface area contributed by atoms with Crippen LogP contribution < -0.4 is 10.1 Å². The predicted octanol–water partition coefficient (Wildman–Crippen LogP) is 6.68. The van der Waals surface area contributed by atoms with Gasteiger partial charge in [-0.2, -0.15) is 0 Å². The van der Waals surface area contributed by atoms with Gasteiger partial charge in [0.1, 0.15) is 11.4 Å². The Morgan fingerprint density at radius 1 is 1.03 bits per heavy atom. The lowest BCUT2D eigenvalue weighted by molar-refractivity contribution is 0.0138. The predicted molar refractivity (Wildman–Crippen MR) is 144 cm³/mol. The molecular weight excluding hydrogens is 460 g/mol. The summed E-state index contributed by atoms with van der Waals surface area (Å²) in [5.74, 6) is 0.912. The monoisotopic (exact) mass is 502 g/mol. The average molecular weight is 503 g/mol. The molecule has 35 heavy (non-hydrogen) atoms. The Morgan fingerprint density at radius 3 is 2.40 bits per heavy atom. The number of benzene rings is 1. The van der Waals surface area contributed by atoms with E-state index in [-0.39, 0.29) is 6.09 Å². The highest BCUT2D eigenvalue weighted by Crippen LogP contribution is 2.24. The number of unbranched alkanes of at least 4 members (excludes halogenated alkanes) is 5. The van der Waals surface area contributed by atoms with Crippen molar-refractivity contribution in [3.05, 3.63) is 35.3 Å². The summed E-state index contributed by atoms with van der Waals surface area (Å²) in [6, 6.07) is 8.09. The SMILES string of the molecule is CCCCCCCCOc1ccc(Nc2nc(CN3CCN(C(=O)OC(C)(C)C)CC3)cs2)cc1. The van der Waals surface area contributed by atoms with Crippen LogP contribution in [0.4, 0.5) is 15.6 Å². The van der Waals surface area contributed by atoms with Crippen LogP contribution in [0.5, 0.6) is 5.75 Å². The zero-order chi connectivity index (χ0) is 25.1. The lowest BCUT2D eigenvalue weighted by Gasteiger charge is -2.35. The van der Waals surface area contributed by atoms with Gasteiger partial charge in [-0.25, -0.2) is 9.78 Å². The maximum atomic E-state index is 12.2. The number of rotatable bonds is 12. The van der Waals surface area contributed by atoms with Crippen molar-refractivity contribution in [1.29, 1.82) is 0 Å². The smallest absolute Gasteiger partial charge is 0.410 e. The molecule has 2 heterocycles. The molecule has 1 saturated heterocycles. The minimum Gasteiger partial charge on any atom is -0.494 e. The van der Waals surface area contributed by atoms with E-state index in [1.54, 1.807) is 16.2 Å². The highest BCUT2D eigenvalue weighted by Gasteiger charge is 2.26. The first kappa shape index (κ1) is 27.3. The van der Waals surface area contributed by atoms with E-state index in [1.807, 2.05) is 45.0 Å². The van der Waals surface area contributed by atoms with Crippen LogP contribution in [0, 0.1) is 0 Å². The van der Waals surface area contributed by atoms with Crippen LogP contribution in [0.2, 0.25) is 0 Å². The van der Waals surface area contributed by atoms with E-state index in [9.17, 15) is 4.79 Å². The zero-order valence-electron chi connectivity index (χ0n) is 21.8. The molecule has 0 radical (unpaired) electrons. The van der Waals surface area contributed by atoms with Crippen LogP contribution in [0.25, 0.3) is 0 Å². The molecule has 1 aromatic carbocycles. The maximum Gasteiger partial charge on any atom is 0.410 e. The lowest BCUT2D eigenvalue weighted by Crippen LogP contribution is -2.49. The molecule has 1 aromatic heterocycles. The van der Waals surface area contributed by atoms with Gasteiger partial charge < -0.3 is 19.7 Å². The molecule has 0 bridgehead atoms. The third-order valence-corrected chi connectivity index (χ3v) is 6.64.